The summed E-state index contributed by atoms with van der Waals surface area (Å²) in [5, 5.41) is 24.2. The first-order valence-corrected chi connectivity index (χ1v) is 14.6. The number of aromatic nitrogens is 2. The first kappa shape index (κ1) is 26.3. The summed E-state index contributed by atoms with van der Waals surface area (Å²) in [4.78, 5) is 23.7. The van der Waals surface area contributed by atoms with Gasteiger partial charge in [-0.1, -0.05) is 29.8 Å². The second-order valence-corrected chi connectivity index (χ2v) is 12.3. The van der Waals surface area contributed by atoms with Crippen LogP contribution < -0.4 is 21.3 Å². The molecule has 4 saturated carbocycles. The van der Waals surface area contributed by atoms with Crippen molar-refractivity contribution in [2.24, 2.45) is 23.2 Å². The Morgan fingerprint density at radius 3 is 2.67 bits per heavy atom. The normalized spacial score (nSPS) is 29.2. The maximum Gasteiger partial charge on any atom is 0.236 e. The van der Waals surface area contributed by atoms with Gasteiger partial charge < -0.3 is 26.2 Å². The van der Waals surface area contributed by atoms with Gasteiger partial charge in [-0.15, -0.1) is 0 Å². The molecule has 39 heavy (non-hydrogen) atoms. The average molecular weight is 549 g/mol. The Balaban J connectivity index is 1.08. The number of amides is 1. The van der Waals surface area contributed by atoms with Gasteiger partial charge in [-0.05, 0) is 66.9 Å². The van der Waals surface area contributed by atoms with Crippen molar-refractivity contribution in [3.8, 4) is 6.07 Å². The van der Waals surface area contributed by atoms with Crippen LogP contribution in [-0.4, -0.2) is 66.1 Å². The molecule has 1 saturated heterocycles. The number of nitriles is 1. The van der Waals surface area contributed by atoms with Gasteiger partial charge in [-0.3, -0.25) is 4.79 Å². The smallest absolute Gasteiger partial charge is 0.236 e. The van der Waals surface area contributed by atoms with E-state index in [0.29, 0.717) is 53.3 Å². The fourth-order valence-corrected chi connectivity index (χ4v) is 7.95. The summed E-state index contributed by atoms with van der Waals surface area (Å²) in [5.41, 5.74) is 1.63. The number of hydrogen-bond donors (Lipinski definition) is 4. The average Bonchev–Trinajstić information content (AvgIpc) is 2.95. The topological polar surface area (TPSA) is 118 Å². The molecule has 2 aromatic rings. The molecule has 4 N–H and O–H groups in total. The molecule has 5 aliphatic rings. The first-order valence-electron chi connectivity index (χ1n) is 14.2. The van der Waals surface area contributed by atoms with E-state index in [0.717, 1.165) is 57.0 Å². The molecule has 4 bridgehead atoms. The van der Waals surface area contributed by atoms with Crippen LogP contribution in [0.2, 0.25) is 5.02 Å². The van der Waals surface area contributed by atoms with Crippen LogP contribution in [0.15, 0.2) is 30.5 Å². The largest absolute Gasteiger partial charge is 0.368 e. The van der Waals surface area contributed by atoms with Gasteiger partial charge >= 0.3 is 0 Å². The van der Waals surface area contributed by atoms with Gasteiger partial charge in [0.05, 0.1) is 12.7 Å². The van der Waals surface area contributed by atoms with E-state index in [1.54, 1.807) is 6.20 Å². The molecule has 1 aliphatic heterocycles. The minimum Gasteiger partial charge on any atom is -0.368 e. The second kappa shape index (κ2) is 11.3. The molecule has 10 heteroatoms. The van der Waals surface area contributed by atoms with Gasteiger partial charge in [0.2, 0.25) is 11.9 Å². The van der Waals surface area contributed by atoms with Gasteiger partial charge in [-0.25, -0.2) is 4.98 Å². The van der Waals surface area contributed by atoms with Gasteiger partial charge in [0.15, 0.2) is 0 Å². The van der Waals surface area contributed by atoms with Crippen LogP contribution >= 0.6 is 11.6 Å². The number of nitrogens with one attached hydrogen (secondary N) is 4. The number of carbonyl (C=O) groups excluding carboxylic acids is 1. The molecule has 5 fully saturated rings. The molecule has 4 aliphatic carbocycles. The number of anilines is 2. The molecule has 9 nitrogen and oxygen atoms in total. The van der Waals surface area contributed by atoms with E-state index in [1.807, 2.05) is 29.2 Å². The summed E-state index contributed by atoms with van der Waals surface area (Å²) >= 11 is 6.29. The molecular weight excluding hydrogens is 512 g/mol. The Bertz CT molecular complexity index is 1230. The molecule has 1 aromatic carbocycles. The Morgan fingerprint density at radius 2 is 1.92 bits per heavy atom. The van der Waals surface area contributed by atoms with Crippen LogP contribution in [0.3, 0.4) is 0 Å². The summed E-state index contributed by atoms with van der Waals surface area (Å²) in [6.07, 6.45) is 7.62. The molecule has 7 rings (SSSR count). The van der Waals surface area contributed by atoms with Crippen molar-refractivity contribution < 1.29 is 4.79 Å². The number of halogens is 1. The third kappa shape index (κ3) is 5.69. The van der Waals surface area contributed by atoms with Crippen molar-refractivity contribution in [1.29, 1.82) is 5.26 Å². The predicted molar refractivity (Wildman–Crippen MR) is 151 cm³/mol. The zero-order valence-electron chi connectivity index (χ0n) is 22.3. The van der Waals surface area contributed by atoms with Crippen molar-refractivity contribution >= 4 is 29.3 Å². The Hall–Kier alpha value is -2.93. The Kier molecular flexibility index (Phi) is 7.61. The zero-order valence-corrected chi connectivity index (χ0v) is 23.0. The van der Waals surface area contributed by atoms with Gasteiger partial charge in [-0.2, -0.15) is 10.2 Å². The van der Waals surface area contributed by atoms with Gasteiger partial charge in [0.1, 0.15) is 17.5 Å². The lowest BCUT2D eigenvalue weighted by Gasteiger charge is -2.60. The number of benzene rings is 1. The summed E-state index contributed by atoms with van der Waals surface area (Å²) in [6, 6.07) is 10.3. The number of carbonyl (C=O) groups is 1. The summed E-state index contributed by atoms with van der Waals surface area (Å²) in [7, 11) is 0. The Labute approximate surface area is 235 Å². The van der Waals surface area contributed by atoms with E-state index in [1.165, 1.54) is 19.3 Å². The highest BCUT2D eigenvalue weighted by Gasteiger charge is 2.55. The second-order valence-electron chi connectivity index (χ2n) is 11.9. The molecule has 1 aromatic heterocycles. The van der Waals surface area contributed by atoms with Crippen molar-refractivity contribution in [3.05, 3.63) is 46.6 Å². The van der Waals surface area contributed by atoms with Crippen LogP contribution in [0.25, 0.3) is 0 Å². The minimum atomic E-state index is 0.208. The number of rotatable bonds is 9. The van der Waals surface area contributed by atoms with Crippen molar-refractivity contribution in [3.63, 3.8) is 0 Å². The van der Waals surface area contributed by atoms with Crippen LogP contribution in [0, 0.1) is 34.5 Å². The predicted octanol–water partition coefficient (Wildman–Crippen LogP) is 3.24. The van der Waals surface area contributed by atoms with E-state index in [2.05, 4.69) is 37.3 Å². The van der Waals surface area contributed by atoms with Crippen molar-refractivity contribution in [2.45, 2.75) is 44.7 Å². The molecule has 206 valence electrons. The van der Waals surface area contributed by atoms with Crippen LogP contribution in [0.5, 0.6) is 0 Å². The lowest BCUT2D eigenvalue weighted by molar-refractivity contribution is -0.132. The monoisotopic (exact) mass is 548 g/mol. The fourth-order valence-electron chi connectivity index (χ4n) is 7.74. The molecule has 5 atom stereocenters. The fraction of sp³-hybridized carbons (Fsp3) is 0.586. The summed E-state index contributed by atoms with van der Waals surface area (Å²) < 4.78 is 0. The lowest BCUT2D eigenvalue weighted by Crippen LogP contribution is -2.61. The van der Waals surface area contributed by atoms with E-state index >= 15 is 0 Å². The standard InChI is InChI=1S/C29H37ClN8O/c30-24-4-2-1-3-20(24)15-34-28-35-16-23(14-31)27(37-28)36-18-29-11-19-9-21(12-29)26(22(10-19)13-29)33-17-25(39)38-7-5-32-6-8-38/h1-4,16,19,21-22,26,32-33H,5-13,15,17-18H2,(H2,34,35,36,37)/t19?,21-,22+,26?,29?. The molecular formula is C29H37ClN8O. The quantitative estimate of drug-likeness (QED) is 0.377. The van der Waals surface area contributed by atoms with Crippen LogP contribution in [0.4, 0.5) is 11.8 Å². The third-order valence-corrected chi connectivity index (χ3v) is 9.66. The molecule has 2 heterocycles. The Morgan fingerprint density at radius 1 is 1.15 bits per heavy atom. The molecule has 0 radical (unpaired) electrons. The van der Waals surface area contributed by atoms with Gasteiger partial charge in [0, 0.05) is 50.3 Å². The van der Waals surface area contributed by atoms with Gasteiger partial charge in [0.25, 0.3) is 0 Å². The highest BCUT2D eigenvalue weighted by Crippen LogP contribution is 2.60. The number of piperazine rings is 1. The van der Waals surface area contributed by atoms with E-state index in [-0.39, 0.29) is 11.3 Å². The van der Waals surface area contributed by atoms with Crippen LogP contribution in [0.1, 0.15) is 43.2 Å². The maximum absolute atomic E-state index is 12.8. The van der Waals surface area contributed by atoms with Crippen molar-refractivity contribution in [1.82, 2.24) is 25.5 Å². The number of nitrogens with zero attached hydrogens (tertiary/aromatic N) is 4. The maximum atomic E-state index is 12.8. The molecule has 3 unspecified atom stereocenters. The van der Waals surface area contributed by atoms with E-state index in [9.17, 15) is 10.1 Å². The SMILES string of the molecule is N#Cc1cnc(NCc2ccccc2Cl)nc1NCC12CC3C[C@H](C1)C(NCC(=O)N1CCNCC1)[C@@H](C3)C2. The summed E-state index contributed by atoms with van der Waals surface area (Å²) in [5.74, 6) is 3.24. The van der Waals surface area contributed by atoms with Crippen LogP contribution in [-0.2, 0) is 11.3 Å². The number of hydrogen-bond acceptors (Lipinski definition) is 8. The van der Waals surface area contributed by atoms with E-state index in [4.69, 9.17) is 11.6 Å². The zero-order chi connectivity index (χ0) is 26.8. The third-order valence-electron chi connectivity index (χ3n) is 9.29. The first-order chi connectivity index (χ1) is 19.0. The highest BCUT2D eigenvalue weighted by atomic mass is 35.5. The molecule has 1 amide bonds. The van der Waals surface area contributed by atoms with E-state index < -0.39 is 0 Å². The minimum absolute atomic E-state index is 0.208. The summed E-state index contributed by atoms with van der Waals surface area (Å²) in [6.45, 7) is 5.14. The van der Waals surface area contributed by atoms with Crippen molar-refractivity contribution in [2.75, 3.05) is 49.9 Å². The highest BCUT2D eigenvalue weighted by molar-refractivity contribution is 6.31. The molecule has 0 spiro atoms. The lowest BCUT2D eigenvalue weighted by atomic mass is 9.48.